The number of carbonyl (C=O) groups excluding carboxylic acids is 1. The quantitative estimate of drug-likeness (QED) is 0.801. The number of nitrogens with one attached hydrogen (secondary N) is 1. The number of amides is 1. The number of halogens is 4. The molecule has 2 aromatic heterocycles. The highest BCUT2D eigenvalue weighted by Gasteiger charge is 2.45. The van der Waals surface area contributed by atoms with Crippen LogP contribution in [0.1, 0.15) is 23.2 Å². The number of ether oxygens (including phenoxy) is 1. The first-order valence-corrected chi connectivity index (χ1v) is 9.02. The topological polar surface area (TPSA) is 59.4 Å². The highest BCUT2D eigenvalue weighted by Crippen LogP contribution is 2.34. The van der Waals surface area contributed by atoms with Crippen LogP contribution in [0.2, 0.25) is 0 Å². The lowest BCUT2D eigenvalue weighted by Gasteiger charge is -2.46. The summed E-state index contributed by atoms with van der Waals surface area (Å²) in [6, 6.07) is -1.37. The molecule has 3 atom stereocenters. The number of likely N-dealkylation sites (N-methyl/N-ethyl adjacent to an activating group) is 1. The van der Waals surface area contributed by atoms with Gasteiger partial charge in [-0.05, 0) is 32.0 Å². The predicted octanol–water partition coefficient (Wildman–Crippen LogP) is 2.44. The Balaban J connectivity index is 1.62. The van der Waals surface area contributed by atoms with E-state index in [1.807, 2.05) is 7.05 Å². The third kappa shape index (κ3) is 3.14. The maximum absolute atomic E-state index is 14.0. The van der Waals surface area contributed by atoms with Gasteiger partial charge in [0.05, 0.1) is 18.8 Å². The number of fused-ring (bicyclic) bond motifs is 3. The summed E-state index contributed by atoms with van der Waals surface area (Å²) in [4.78, 5) is 18.8. The van der Waals surface area contributed by atoms with Gasteiger partial charge in [0.1, 0.15) is 5.65 Å². The van der Waals surface area contributed by atoms with E-state index in [9.17, 15) is 22.4 Å². The van der Waals surface area contributed by atoms with Gasteiger partial charge in [-0.1, -0.05) is 0 Å². The maximum Gasteiger partial charge on any atom is 0.390 e. The summed E-state index contributed by atoms with van der Waals surface area (Å²) in [5, 5.41) is 2.98. The second-order valence-corrected chi connectivity index (χ2v) is 7.33. The van der Waals surface area contributed by atoms with Crippen LogP contribution < -0.4 is 5.32 Å². The lowest BCUT2D eigenvalue weighted by molar-refractivity contribution is -0.187. The molecule has 1 amide bonds. The minimum absolute atomic E-state index is 0.0825. The molecule has 6 nitrogen and oxygen atoms in total. The van der Waals surface area contributed by atoms with Gasteiger partial charge in [-0.3, -0.25) is 14.3 Å². The average molecular weight is 400 g/mol. The molecule has 4 heterocycles. The Morgan fingerprint density at radius 3 is 2.64 bits per heavy atom. The van der Waals surface area contributed by atoms with Crippen LogP contribution in [0.3, 0.4) is 0 Å². The van der Waals surface area contributed by atoms with Gasteiger partial charge in [0.25, 0.3) is 5.91 Å². The number of carbonyl (C=O) groups is 1. The molecule has 2 aromatic rings. The SMILES string of the molecule is CN1[C@@H]2COC[C@H]1CC(NC(=O)c1cn(C(F)(F)C(F)F)c3ncccc13)C2. The van der Waals surface area contributed by atoms with E-state index in [0.717, 1.165) is 6.20 Å². The molecule has 2 saturated heterocycles. The molecule has 152 valence electrons. The number of alkyl halides is 4. The van der Waals surface area contributed by atoms with E-state index < -0.39 is 18.4 Å². The first kappa shape index (κ1) is 19.1. The number of hydrogen-bond donors (Lipinski definition) is 1. The Morgan fingerprint density at radius 2 is 2.00 bits per heavy atom. The van der Waals surface area contributed by atoms with E-state index in [-0.39, 0.29) is 39.3 Å². The number of hydrogen-bond acceptors (Lipinski definition) is 4. The van der Waals surface area contributed by atoms with E-state index in [1.54, 1.807) is 0 Å². The number of aromatic nitrogens is 2. The fourth-order valence-corrected chi connectivity index (χ4v) is 4.05. The van der Waals surface area contributed by atoms with Crippen molar-refractivity contribution in [3.63, 3.8) is 0 Å². The largest absolute Gasteiger partial charge is 0.390 e. The Bertz CT molecular complexity index is 874. The molecule has 2 aliphatic rings. The van der Waals surface area contributed by atoms with Crippen molar-refractivity contribution >= 4 is 16.9 Å². The molecule has 2 aliphatic heterocycles. The normalized spacial score (nSPS) is 26.0. The first-order valence-electron chi connectivity index (χ1n) is 9.02. The predicted molar refractivity (Wildman–Crippen MR) is 92.6 cm³/mol. The van der Waals surface area contributed by atoms with E-state index in [4.69, 9.17) is 4.74 Å². The Morgan fingerprint density at radius 1 is 1.32 bits per heavy atom. The summed E-state index contributed by atoms with van der Waals surface area (Å²) >= 11 is 0. The maximum atomic E-state index is 14.0. The second-order valence-electron chi connectivity index (χ2n) is 7.33. The third-order valence-corrected chi connectivity index (χ3v) is 5.61. The molecular formula is C18H20F4N4O2. The summed E-state index contributed by atoms with van der Waals surface area (Å²) in [5.41, 5.74) is -0.449. The van der Waals surface area contributed by atoms with Gasteiger partial charge < -0.3 is 10.1 Å². The smallest absolute Gasteiger partial charge is 0.378 e. The van der Waals surface area contributed by atoms with Gasteiger partial charge in [0.2, 0.25) is 0 Å². The molecular weight excluding hydrogens is 380 g/mol. The van der Waals surface area contributed by atoms with Gasteiger partial charge in [-0.2, -0.15) is 8.78 Å². The van der Waals surface area contributed by atoms with Gasteiger partial charge in [0, 0.05) is 35.9 Å². The number of nitrogens with zero attached hydrogens (tertiary/aromatic N) is 3. The van der Waals surface area contributed by atoms with Crippen LogP contribution in [0.5, 0.6) is 0 Å². The number of pyridine rings is 1. The van der Waals surface area contributed by atoms with E-state index >= 15 is 0 Å². The van der Waals surface area contributed by atoms with Crippen LogP contribution in [-0.4, -0.2) is 65.2 Å². The molecule has 0 radical (unpaired) electrons. The van der Waals surface area contributed by atoms with Gasteiger partial charge >= 0.3 is 12.5 Å². The van der Waals surface area contributed by atoms with Crippen molar-refractivity contribution in [2.24, 2.45) is 0 Å². The van der Waals surface area contributed by atoms with Crippen LogP contribution in [0.15, 0.2) is 24.5 Å². The van der Waals surface area contributed by atoms with Crippen LogP contribution in [-0.2, 0) is 10.8 Å². The Labute approximate surface area is 158 Å². The molecule has 2 fully saturated rings. The fourth-order valence-electron chi connectivity index (χ4n) is 4.05. The molecule has 0 spiro atoms. The van der Waals surface area contributed by atoms with Crippen LogP contribution in [0.25, 0.3) is 11.0 Å². The number of piperidine rings is 1. The van der Waals surface area contributed by atoms with Crippen molar-refractivity contribution in [1.29, 1.82) is 0 Å². The van der Waals surface area contributed by atoms with Gasteiger partial charge in [-0.15, -0.1) is 0 Å². The zero-order valence-electron chi connectivity index (χ0n) is 15.1. The lowest BCUT2D eigenvalue weighted by Crippen LogP contribution is -2.59. The molecule has 0 saturated carbocycles. The summed E-state index contributed by atoms with van der Waals surface area (Å²) in [5.74, 6) is -0.574. The minimum atomic E-state index is -4.47. The van der Waals surface area contributed by atoms with Crippen molar-refractivity contribution in [2.45, 2.75) is 43.4 Å². The van der Waals surface area contributed by atoms with Gasteiger partial charge in [-0.25, -0.2) is 13.8 Å². The highest BCUT2D eigenvalue weighted by molar-refractivity contribution is 6.06. The minimum Gasteiger partial charge on any atom is -0.378 e. The van der Waals surface area contributed by atoms with E-state index in [1.165, 1.54) is 18.3 Å². The van der Waals surface area contributed by atoms with Gasteiger partial charge in [0.15, 0.2) is 0 Å². The van der Waals surface area contributed by atoms with Crippen molar-refractivity contribution < 1.29 is 27.1 Å². The third-order valence-electron chi connectivity index (χ3n) is 5.61. The van der Waals surface area contributed by atoms with E-state index in [0.29, 0.717) is 26.1 Å². The molecule has 2 bridgehead atoms. The second kappa shape index (κ2) is 7.00. The Kier molecular flexibility index (Phi) is 4.78. The monoisotopic (exact) mass is 400 g/mol. The van der Waals surface area contributed by atoms with Crippen LogP contribution in [0.4, 0.5) is 17.6 Å². The molecule has 28 heavy (non-hydrogen) atoms. The summed E-state index contributed by atoms with van der Waals surface area (Å²) < 4.78 is 59.3. The number of morpholine rings is 1. The van der Waals surface area contributed by atoms with Crippen molar-refractivity contribution in [3.05, 3.63) is 30.1 Å². The lowest BCUT2D eigenvalue weighted by atomic mass is 9.90. The first-order chi connectivity index (χ1) is 13.3. The zero-order valence-corrected chi connectivity index (χ0v) is 15.1. The molecule has 0 aromatic carbocycles. The summed E-state index contributed by atoms with van der Waals surface area (Å²) in [7, 11) is 2.02. The summed E-state index contributed by atoms with van der Waals surface area (Å²) in [6.07, 6.45) is -0.599. The molecule has 10 heteroatoms. The van der Waals surface area contributed by atoms with Crippen molar-refractivity contribution in [2.75, 3.05) is 20.3 Å². The highest BCUT2D eigenvalue weighted by atomic mass is 19.3. The summed E-state index contributed by atoms with van der Waals surface area (Å²) in [6.45, 7) is 1.15. The standard InChI is InChI=1S/C18H20F4N4O2/c1-25-11-5-10(6-12(25)9-28-8-11)24-16(27)14-7-26(18(21,22)17(19)20)15-13(14)3-2-4-23-15/h2-4,7,10-12,17H,5-6,8-9H2,1H3,(H,24,27)/t10?,11-,12+. The van der Waals surface area contributed by atoms with Crippen molar-refractivity contribution in [3.8, 4) is 0 Å². The van der Waals surface area contributed by atoms with Crippen LogP contribution in [0, 0.1) is 0 Å². The number of rotatable bonds is 4. The fraction of sp³-hybridized carbons (Fsp3) is 0.556. The van der Waals surface area contributed by atoms with E-state index in [2.05, 4.69) is 15.2 Å². The molecule has 1 unspecified atom stereocenters. The molecule has 4 rings (SSSR count). The average Bonchev–Trinajstić information content (AvgIpc) is 3.03. The molecule has 1 N–H and O–H groups in total. The zero-order chi connectivity index (χ0) is 20.1. The van der Waals surface area contributed by atoms with Crippen LogP contribution >= 0.6 is 0 Å². The molecule has 0 aliphatic carbocycles. The Hall–Kier alpha value is -2.20. The van der Waals surface area contributed by atoms with Crippen molar-refractivity contribution in [1.82, 2.24) is 19.8 Å².